The first kappa shape index (κ1) is 24.7. The molecule has 35 heavy (non-hydrogen) atoms. The number of thioether (sulfide) groups is 1. The van der Waals surface area contributed by atoms with Gasteiger partial charge in [-0.25, -0.2) is 10.2 Å². The van der Waals surface area contributed by atoms with E-state index >= 15 is 0 Å². The Labute approximate surface area is 205 Å². The number of hydrazone groups is 1. The SMILES string of the molecule is CC(=NNC(=O)CSc1nnc(-c2cc(C)n(C)n2)n1CC1CCCO1)c1c(O)cc(C)oc1=O. The third kappa shape index (κ3) is 5.62. The van der Waals surface area contributed by atoms with E-state index in [2.05, 4.69) is 25.8 Å². The second-order valence-electron chi connectivity index (χ2n) is 8.27. The van der Waals surface area contributed by atoms with E-state index in [0.29, 0.717) is 23.2 Å². The Morgan fingerprint density at radius 1 is 1.34 bits per heavy atom. The maximum Gasteiger partial charge on any atom is 0.348 e. The first-order chi connectivity index (χ1) is 16.7. The molecule has 0 aromatic carbocycles. The van der Waals surface area contributed by atoms with Gasteiger partial charge in [-0.3, -0.25) is 14.0 Å². The first-order valence-electron chi connectivity index (χ1n) is 11.1. The maximum atomic E-state index is 12.5. The lowest BCUT2D eigenvalue weighted by molar-refractivity contribution is -0.118. The number of carbonyl (C=O) groups excluding carboxylic acids is 1. The molecule has 0 saturated carbocycles. The van der Waals surface area contributed by atoms with E-state index in [1.54, 1.807) is 11.6 Å². The lowest BCUT2D eigenvalue weighted by Gasteiger charge is -2.13. The molecule has 1 aliphatic heterocycles. The molecule has 1 atom stereocenters. The number of amides is 1. The van der Waals surface area contributed by atoms with Gasteiger partial charge in [0.05, 0.1) is 24.1 Å². The van der Waals surface area contributed by atoms with E-state index in [4.69, 9.17) is 9.15 Å². The highest BCUT2D eigenvalue weighted by Gasteiger charge is 2.23. The predicted octanol–water partition coefficient (Wildman–Crippen LogP) is 1.77. The summed E-state index contributed by atoms with van der Waals surface area (Å²) in [6.45, 7) is 6.28. The minimum Gasteiger partial charge on any atom is -0.507 e. The van der Waals surface area contributed by atoms with Crippen molar-refractivity contribution in [3.63, 3.8) is 0 Å². The van der Waals surface area contributed by atoms with Crippen molar-refractivity contribution in [3.05, 3.63) is 39.6 Å². The third-order valence-electron chi connectivity index (χ3n) is 5.57. The fourth-order valence-electron chi connectivity index (χ4n) is 3.70. The highest BCUT2D eigenvalue weighted by Crippen LogP contribution is 2.26. The average Bonchev–Trinajstić information content (AvgIpc) is 3.52. The predicted molar refractivity (Wildman–Crippen MR) is 128 cm³/mol. The molecule has 2 N–H and O–H groups in total. The largest absolute Gasteiger partial charge is 0.507 e. The summed E-state index contributed by atoms with van der Waals surface area (Å²) in [7, 11) is 1.86. The summed E-state index contributed by atoms with van der Waals surface area (Å²) in [5, 5.41) is 27.7. The molecule has 1 fully saturated rings. The molecule has 1 amide bonds. The Balaban J connectivity index is 1.47. The molecule has 0 bridgehead atoms. The summed E-state index contributed by atoms with van der Waals surface area (Å²) in [4.78, 5) is 24.5. The number of ether oxygens (including phenoxy) is 1. The van der Waals surface area contributed by atoms with E-state index in [0.717, 1.165) is 25.1 Å². The van der Waals surface area contributed by atoms with Crippen LogP contribution < -0.4 is 11.1 Å². The van der Waals surface area contributed by atoms with Crippen LogP contribution in [0.15, 0.2) is 31.6 Å². The van der Waals surface area contributed by atoms with Crippen molar-refractivity contribution in [2.75, 3.05) is 12.4 Å². The highest BCUT2D eigenvalue weighted by atomic mass is 32.2. The molecule has 186 valence electrons. The lowest BCUT2D eigenvalue weighted by Crippen LogP contribution is -2.23. The number of aryl methyl sites for hydroxylation is 3. The van der Waals surface area contributed by atoms with Gasteiger partial charge in [0.25, 0.3) is 5.91 Å². The number of rotatable bonds is 8. The standard InChI is InChI=1S/C22H27N7O5S/c1-12-8-16(27-28(12)4)20-25-26-22(29(20)10-15-6-5-7-33-15)35-11-18(31)24-23-14(3)19-17(30)9-13(2)34-21(19)32/h8-9,15,30H,5-7,10-11H2,1-4H3,(H,24,31). The van der Waals surface area contributed by atoms with E-state index < -0.39 is 11.5 Å². The lowest BCUT2D eigenvalue weighted by atomic mass is 10.2. The van der Waals surface area contributed by atoms with Gasteiger partial charge in [-0.05, 0) is 39.7 Å². The summed E-state index contributed by atoms with van der Waals surface area (Å²) in [6.07, 6.45) is 1.99. The van der Waals surface area contributed by atoms with E-state index in [9.17, 15) is 14.7 Å². The maximum absolute atomic E-state index is 12.5. The van der Waals surface area contributed by atoms with Crippen molar-refractivity contribution in [3.8, 4) is 17.3 Å². The van der Waals surface area contributed by atoms with Crippen molar-refractivity contribution >= 4 is 23.4 Å². The minimum atomic E-state index is -0.730. The zero-order valence-electron chi connectivity index (χ0n) is 19.9. The average molecular weight is 502 g/mol. The molecular weight excluding hydrogens is 474 g/mol. The van der Waals surface area contributed by atoms with Gasteiger partial charge in [0.1, 0.15) is 22.8 Å². The van der Waals surface area contributed by atoms with Crippen LogP contribution in [0.25, 0.3) is 11.5 Å². The van der Waals surface area contributed by atoms with Crippen LogP contribution in [0.1, 0.15) is 36.8 Å². The van der Waals surface area contributed by atoms with Crippen LogP contribution in [0.4, 0.5) is 0 Å². The molecule has 1 aliphatic rings. The van der Waals surface area contributed by atoms with Gasteiger partial charge < -0.3 is 14.3 Å². The molecular formula is C22H27N7O5S. The summed E-state index contributed by atoms with van der Waals surface area (Å²) in [5.41, 5.74) is 3.38. The second-order valence-corrected chi connectivity index (χ2v) is 9.21. The van der Waals surface area contributed by atoms with Crippen LogP contribution >= 0.6 is 11.8 Å². The molecule has 1 saturated heterocycles. The molecule has 0 spiro atoms. The van der Waals surface area contributed by atoms with Crippen LogP contribution in [-0.2, 0) is 23.1 Å². The van der Waals surface area contributed by atoms with Gasteiger partial charge in [-0.15, -0.1) is 10.2 Å². The first-order valence-corrected chi connectivity index (χ1v) is 12.1. The highest BCUT2D eigenvalue weighted by molar-refractivity contribution is 7.99. The Kier molecular flexibility index (Phi) is 7.36. The number of nitrogens with zero attached hydrogens (tertiary/aromatic N) is 6. The van der Waals surface area contributed by atoms with Gasteiger partial charge in [-0.1, -0.05) is 11.8 Å². The molecule has 13 heteroatoms. The second kappa shape index (κ2) is 10.4. The number of hydrogen-bond acceptors (Lipinski definition) is 10. The summed E-state index contributed by atoms with van der Waals surface area (Å²) < 4.78 is 14.5. The Hall–Kier alpha value is -3.45. The number of aromatic hydroxyl groups is 1. The summed E-state index contributed by atoms with van der Waals surface area (Å²) >= 11 is 1.21. The van der Waals surface area contributed by atoms with Crippen LogP contribution in [0.3, 0.4) is 0 Å². The Morgan fingerprint density at radius 3 is 2.80 bits per heavy atom. The molecule has 0 aliphatic carbocycles. The molecule has 4 heterocycles. The number of hydrogen-bond donors (Lipinski definition) is 2. The normalized spacial score (nSPS) is 16.1. The van der Waals surface area contributed by atoms with E-state index in [1.807, 2.05) is 24.6 Å². The van der Waals surface area contributed by atoms with Crippen LogP contribution in [0.5, 0.6) is 5.75 Å². The van der Waals surface area contributed by atoms with Gasteiger partial charge in [0.2, 0.25) is 0 Å². The topological polar surface area (TPSA) is 150 Å². The zero-order valence-corrected chi connectivity index (χ0v) is 20.8. The van der Waals surface area contributed by atoms with Crippen molar-refractivity contribution in [2.24, 2.45) is 12.1 Å². The van der Waals surface area contributed by atoms with Gasteiger partial charge >= 0.3 is 5.63 Å². The molecule has 12 nitrogen and oxygen atoms in total. The van der Waals surface area contributed by atoms with Crippen LogP contribution in [0.2, 0.25) is 0 Å². The van der Waals surface area contributed by atoms with Crippen molar-refractivity contribution in [1.29, 1.82) is 0 Å². The quantitative estimate of drug-likeness (QED) is 0.267. The van der Waals surface area contributed by atoms with E-state index in [1.165, 1.54) is 24.8 Å². The van der Waals surface area contributed by atoms with Crippen LogP contribution in [-0.4, -0.2) is 59.7 Å². The molecule has 1 unspecified atom stereocenters. The van der Waals surface area contributed by atoms with E-state index in [-0.39, 0.29) is 34.6 Å². The van der Waals surface area contributed by atoms with Crippen molar-refractivity contribution < 1.29 is 19.1 Å². The summed E-state index contributed by atoms with van der Waals surface area (Å²) in [6, 6.07) is 3.25. The van der Waals surface area contributed by atoms with Crippen molar-refractivity contribution in [1.82, 2.24) is 30.0 Å². The fourth-order valence-corrected chi connectivity index (χ4v) is 4.45. The fraction of sp³-hybridized carbons (Fsp3) is 0.455. The smallest absolute Gasteiger partial charge is 0.348 e. The zero-order chi connectivity index (χ0) is 25.1. The number of carbonyl (C=O) groups is 1. The van der Waals surface area contributed by atoms with Gasteiger partial charge in [0, 0.05) is 25.4 Å². The Bertz CT molecular complexity index is 1300. The molecule has 0 radical (unpaired) electrons. The van der Waals surface area contributed by atoms with Crippen LogP contribution in [0, 0.1) is 13.8 Å². The van der Waals surface area contributed by atoms with Crippen molar-refractivity contribution in [2.45, 2.75) is 51.4 Å². The monoisotopic (exact) mass is 501 g/mol. The third-order valence-corrected chi connectivity index (χ3v) is 6.53. The number of nitrogens with one attached hydrogen (secondary N) is 1. The summed E-state index contributed by atoms with van der Waals surface area (Å²) in [5.74, 6) is 0.227. The minimum absolute atomic E-state index is 0.0101. The molecule has 3 aromatic heterocycles. The Morgan fingerprint density at radius 2 is 2.14 bits per heavy atom. The van der Waals surface area contributed by atoms with Gasteiger partial charge in [-0.2, -0.15) is 10.2 Å². The van der Waals surface area contributed by atoms with Gasteiger partial charge in [0.15, 0.2) is 11.0 Å². The molecule has 4 rings (SSSR count). The molecule has 3 aromatic rings. The number of aromatic nitrogens is 5.